The monoisotopic (exact) mass is 406 g/mol. The molecular weight excluding hydrogens is 377 g/mol. The Hall–Kier alpha value is -1.31. The molecule has 0 aromatic carbocycles. The van der Waals surface area contributed by atoms with Gasteiger partial charge in [-0.1, -0.05) is 0 Å². The first-order valence-corrected chi connectivity index (χ1v) is 9.90. The maximum Gasteiger partial charge on any atom is 0.417 e. The van der Waals surface area contributed by atoms with Crippen LogP contribution < -0.4 is 0 Å². The van der Waals surface area contributed by atoms with E-state index in [9.17, 15) is 27.9 Å². The van der Waals surface area contributed by atoms with Gasteiger partial charge in [-0.15, -0.1) is 0 Å². The first-order valence-electron chi connectivity index (χ1n) is 9.90. The molecule has 0 aromatic rings. The highest BCUT2D eigenvalue weighted by atomic mass is 19.4. The zero-order valence-electron chi connectivity index (χ0n) is 16.6. The van der Waals surface area contributed by atoms with Crippen LogP contribution in [0.1, 0.15) is 65.7 Å². The predicted octanol–water partition coefficient (Wildman–Crippen LogP) is 3.77. The van der Waals surface area contributed by atoms with E-state index in [0.717, 1.165) is 19.3 Å². The number of rotatable bonds is 6. The Morgan fingerprint density at radius 3 is 1.86 bits per heavy atom. The van der Waals surface area contributed by atoms with E-state index >= 15 is 0 Å². The molecule has 4 aliphatic carbocycles. The molecule has 28 heavy (non-hydrogen) atoms. The van der Waals surface area contributed by atoms with Crippen LogP contribution in [-0.4, -0.2) is 41.0 Å². The second kappa shape index (κ2) is 6.89. The van der Waals surface area contributed by atoms with Gasteiger partial charge in [-0.25, -0.2) is 4.79 Å². The van der Waals surface area contributed by atoms with Crippen LogP contribution in [-0.2, 0) is 19.1 Å². The molecule has 1 N–H and O–H groups in total. The Balaban J connectivity index is 1.54. The lowest BCUT2D eigenvalue weighted by molar-refractivity contribution is -0.256. The maximum atomic E-state index is 12.6. The van der Waals surface area contributed by atoms with E-state index in [0.29, 0.717) is 24.7 Å². The second-order valence-electron chi connectivity index (χ2n) is 9.79. The van der Waals surface area contributed by atoms with Gasteiger partial charge in [0, 0.05) is 5.41 Å². The first-order chi connectivity index (χ1) is 12.7. The third-order valence-corrected chi connectivity index (χ3v) is 7.13. The van der Waals surface area contributed by atoms with Crippen LogP contribution in [0.25, 0.3) is 0 Å². The first kappa shape index (κ1) is 21.4. The average Bonchev–Trinajstić information content (AvgIpc) is 2.49. The molecule has 4 bridgehead atoms. The van der Waals surface area contributed by atoms with Crippen molar-refractivity contribution in [3.63, 3.8) is 0 Å². The molecule has 0 radical (unpaired) electrons. The van der Waals surface area contributed by atoms with Crippen molar-refractivity contribution in [3.8, 4) is 0 Å². The molecule has 160 valence electrons. The second-order valence-corrected chi connectivity index (χ2v) is 9.79. The summed E-state index contributed by atoms with van der Waals surface area (Å²) in [4.78, 5) is 23.8. The van der Waals surface area contributed by atoms with Gasteiger partial charge in [-0.2, -0.15) is 13.2 Å². The normalized spacial score (nSPS) is 34.0. The van der Waals surface area contributed by atoms with Gasteiger partial charge < -0.3 is 14.6 Å². The molecular formula is C20H29F3O5. The fourth-order valence-electron chi connectivity index (χ4n) is 5.84. The van der Waals surface area contributed by atoms with E-state index in [1.807, 2.05) is 13.8 Å². The number of esters is 2. The van der Waals surface area contributed by atoms with Crippen molar-refractivity contribution in [2.45, 2.75) is 83.1 Å². The third kappa shape index (κ3) is 4.02. The lowest BCUT2D eigenvalue weighted by Crippen LogP contribution is -2.57. The van der Waals surface area contributed by atoms with E-state index in [4.69, 9.17) is 4.74 Å². The van der Waals surface area contributed by atoms with Gasteiger partial charge >= 0.3 is 18.1 Å². The number of halogens is 3. The van der Waals surface area contributed by atoms with Gasteiger partial charge in [-0.05, 0) is 77.0 Å². The predicted molar refractivity (Wildman–Crippen MR) is 93.0 cm³/mol. The quantitative estimate of drug-likeness (QED) is 0.680. The molecule has 4 fully saturated rings. The lowest BCUT2D eigenvalue weighted by atomic mass is 9.46. The number of hydrogen-bond donors (Lipinski definition) is 1. The van der Waals surface area contributed by atoms with Crippen molar-refractivity contribution in [2.24, 2.45) is 23.2 Å². The summed E-state index contributed by atoms with van der Waals surface area (Å²) < 4.78 is 48.2. The van der Waals surface area contributed by atoms with Gasteiger partial charge in [0.1, 0.15) is 5.60 Å². The standard InChI is InChI=1S/C20H29F3O5/c1-17(2,19-7-12-4-13(8-19)6-14(5-12)9-19)28-16(25)11-27-15(24)10-18(3,26)20(21,22)23/h12-14,26H,4-11H2,1-3H3. The van der Waals surface area contributed by atoms with Crippen LogP contribution in [0.15, 0.2) is 0 Å². The van der Waals surface area contributed by atoms with Crippen LogP contribution >= 0.6 is 0 Å². The highest BCUT2D eigenvalue weighted by Crippen LogP contribution is 2.64. The minimum Gasteiger partial charge on any atom is -0.457 e. The minimum atomic E-state index is -4.97. The average molecular weight is 406 g/mol. The van der Waals surface area contributed by atoms with Gasteiger partial charge in [-0.3, -0.25) is 4.79 Å². The van der Waals surface area contributed by atoms with Crippen molar-refractivity contribution < 1.29 is 37.3 Å². The number of ether oxygens (including phenoxy) is 2. The summed E-state index contributed by atoms with van der Waals surface area (Å²) in [5.74, 6) is -0.0578. The molecule has 0 amide bonds. The Bertz CT molecular complexity index is 603. The lowest BCUT2D eigenvalue weighted by Gasteiger charge is -2.61. The minimum absolute atomic E-state index is 0.0820. The fourth-order valence-corrected chi connectivity index (χ4v) is 5.84. The topological polar surface area (TPSA) is 72.8 Å². The van der Waals surface area contributed by atoms with Crippen LogP contribution in [0.3, 0.4) is 0 Å². The number of aliphatic hydroxyl groups is 1. The SMILES string of the molecule is CC(O)(CC(=O)OCC(=O)OC(C)(C)C12CC3CC(CC(C3)C1)C2)C(F)(F)F. The summed E-state index contributed by atoms with van der Waals surface area (Å²) >= 11 is 0. The van der Waals surface area contributed by atoms with Gasteiger partial charge in [0.15, 0.2) is 12.2 Å². The molecule has 4 saturated carbocycles. The Morgan fingerprint density at radius 1 is 0.964 bits per heavy atom. The summed E-state index contributed by atoms with van der Waals surface area (Å²) in [5, 5.41) is 9.33. The molecule has 0 heterocycles. The Labute approximate surface area is 162 Å². The molecule has 1 atom stereocenters. The molecule has 0 spiro atoms. The molecule has 5 nitrogen and oxygen atoms in total. The summed E-state index contributed by atoms with van der Waals surface area (Å²) in [6.45, 7) is 3.49. The number of carbonyl (C=O) groups excluding carboxylic acids is 2. The summed E-state index contributed by atoms with van der Waals surface area (Å²) in [6, 6.07) is 0. The summed E-state index contributed by atoms with van der Waals surface area (Å²) in [6.07, 6.45) is 0.573. The molecule has 1 unspecified atom stereocenters. The van der Waals surface area contributed by atoms with E-state index in [1.165, 1.54) is 19.3 Å². The maximum absolute atomic E-state index is 12.6. The summed E-state index contributed by atoms with van der Waals surface area (Å²) in [7, 11) is 0. The number of alkyl halides is 3. The van der Waals surface area contributed by atoms with E-state index in [1.54, 1.807) is 0 Å². The molecule has 8 heteroatoms. The fraction of sp³-hybridized carbons (Fsp3) is 0.900. The van der Waals surface area contributed by atoms with Crippen molar-refractivity contribution in [3.05, 3.63) is 0 Å². The van der Waals surface area contributed by atoms with Crippen LogP contribution in [0.2, 0.25) is 0 Å². The van der Waals surface area contributed by atoms with E-state index < -0.39 is 42.3 Å². The molecule has 0 aromatic heterocycles. The van der Waals surface area contributed by atoms with E-state index in [2.05, 4.69) is 4.74 Å². The van der Waals surface area contributed by atoms with Gasteiger partial charge in [0.05, 0.1) is 6.42 Å². The smallest absolute Gasteiger partial charge is 0.417 e. The Morgan fingerprint density at radius 2 is 1.43 bits per heavy atom. The van der Waals surface area contributed by atoms with Crippen LogP contribution in [0, 0.1) is 23.2 Å². The molecule has 4 rings (SSSR count). The van der Waals surface area contributed by atoms with Crippen LogP contribution in [0.4, 0.5) is 13.2 Å². The van der Waals surface area contributed by atoms with Crippen molar-refractivity contribution in [2.75, 3.05) is 6.61 Å². The summed E-state index contributed by atoms with van der Waals surface area (Å²) in [5.41, 5.74) is -4.02. The number of hydrogen-bond acceptors (Lipinski definition) is 5. The highest BCUT2D eigenvalue weighted by Gasteiger charge is 2.58. The van der Waals surface area contributed by atoms with Gasteiger partial charge in [0.25, 0.3) is 0 Å². The van der Waals surface area contributed by atoms with Crippen LogP contribution in [0.5, 0.6) is 0 Å². The molecule has 0 aliphatic heterocycles. The van der Waals surface area contributed by atoms with Gasteiger partial charge in [0.2, 0.25) is 0 Å². The largest absolute Gasteiger partial charge is 0.457 e. The zero-order chi connectivity index (χ0) is 21.0. The highest BCUT2D eigenvalue weighted by molar-refractivity contribution is 5.77. The van der Waals surface area contributed by atoms with Crippen molar-refractivity contribution in [1.29, 1.82) is 0 Å². The molecule has 4 aliphatic rings. The zero-order valence-corrected chi connectivity index (χ0v) is 16.6. The molecule has 0 saturated heterocycles. The third-order valence-electron chi connectivity index (χ3n) is 7.13. The number of carbonyl (C=O) groups is 2. The van der Waals surface area contributed by atoms with E-state index in [-0.39, 0.29) is 5.41 Å². The Kier molecular flexibility index (Phi) is 5.26. The van der Waals surface area contributed by atoms with Crippen molar-refractivity contribution in [1.82, 2.24) is 0 Å². The van der Waals surface area contributed by atoms with Crippen molar-refractivity contribution >= 4 is 11.9 Å².